The number of nitrogens with zero attached hydrogens (tertiary/aromatic N) is 3. The van der Waals surface area contributed by atoms with Gasteiger partial charge in [0.05, 0.1) is 29.1 Å². The molecule has 4 rings (SSSR count). The summed E-state index contributed by atoms with van der Waals surface area (Å²) in [6, 6.07) is 15.4. The van der Waals surface area contributed by atoms with Crippen LogP contribution in [-0.2, 0) is 30.7 Å². The van der Waals surface area contributed by atoms with Crippen LogP contribution in [0.2, 0.25) is 0 Å². The van der Waals surface area contributed by atoms with E-state index in [-0.39, 0.29) is 22.7 Å². The highest BCUT2D eigenvalue weighted by Crippen LogP contribution is 2.20. The second-order valence-electron chi connectivity index (χ2n) is 7.86. The van der Waals surface area contributed by atoms with Crippen molar-refractivity contribution in [3.63, 3.8) is 0 Å². The van der Waals surface area contributed by atoms with Crippen molar-refractivity contribution in [3.8, 4) is 6.07 Å². The standard InChI is InChI=1S/C24H24N4O6S/c25-15-19(24-26-20-3-1-2-4-21(20)27-24)22(29)16-34-23(30)10-7-17-5-8-18(9-6-17)35(31,32)28-11-13-33-14-12-28/h1-6,8-9,29H,7,10-14,16H2,(H,26,27)/b22-19+. The molecule has 0 aliphatic carbocycles. The molecule has 0 bridgehead atoms. The first-order valence-corrected chi connectivity index (χ1v) is 12.4. The highest BCUT2D eigenvalue weighted by molar-refractivity contribution is 7.89. The number of esters is 1. The van der Waals surface area contributed by atoms with E-state index < -0.39 is 28.4 Å². The molecule has 1 fully saturated rings. The van der Waals surface area contributed by atoms with Crippen molar-refractivity contribution in [2.24, 2.45) is 0 Å². The van der Waals surface area contributed by atoms with Crippen LogP contribution in [-0.4, -0.2) is 66.7 Å². The summed E-state index contributed by atoms with van der Waals surface area (Å²) in [5, 5.41) is 19.7. The number of aryl methyl sites for hydroxylation is 1. The number of para-hydroxylation sites is 2. The molecule has 10 nitrogen and oxygen atoms in total. The van der Waals surface area contributed by atoms with Gasteiger partial charge in [0.2, 0.25) is 10.0 Å². The van der Waals surface area contributed by atoms with E-state index in [0.29, 0.717) is 43.8 Å². The van der Waals surface area contributed by atoms with Crippen molar-refractivity contribution in [2.75, 3.05) is 32.9 Å². The van der Waals surface area contributed by atoms with Crippen molar-refractivity contribution in [1.29, 1.82) is 5.26 Å². The average molecular weight is 497 g/mol. The Balaban J connectivity index is 1.32. The van der Waals surface area contributed by atoms with Crippen molar-refractivity contribution in [3.05, 3.63) is 65.7 Å². The molecule has 0 radical (unpaired) electrons. The van der Waals surface area contributed by atoms with E-state index in [1.54, 1.807) is 30.3 Å². The summed E-state index contributed by atoms with van der Waals surface area (Å²) < 4.78 is 37.1. The lowest BCUT2D eigenvalue weighted by Gasteiger charge is -2.26. The molecule has 1 aliphatic heterocycles. The highest BCUT2D eigenvalue weighted by Gasteiger charge is 2.26. The molecule has 3 aromatic rings. The molecule has 2 heterocycles. The van der Waals surface area contributed by atoms with E-state index in [1.807, 2.05) is 12.1 Å². The molecule has 0 atom stereocenters. The zero-order valence-electron chi connectivity index (χ0n) is 18.8. The van der Waals surface area contributed by atoms with Crippen molar-refractivity contribution in [1.82, 2.24) is 14.3 Å². The first-order valence-electron chi connectivity index (χ1n) is 11.0. The molecule has 0 saturated carbocycles. The van der Waals surface area contributed by atoms with Crippen LogP contribution in [0, 0.1) is 11.3 Å². The van der Waals surface area contributed by atoms with Crippen LogP contribution < -0.4 is 0 Å². The number of imidazole rings is 1. The Morgan fingerprint density at radius 3 is 2.57 bits per heavy atom. The third kappa shape index (κ3) is 5.68. The van der Waals surface area contributed by atoms with E-state index in [1.165, 1.54) is 16.4 Å². The number of aromatic nitrogens is 2. The quantitative estimate of drug-likeness (QED) is 0.275. The molecule has 2 aromatic carbocycles. The molecular formula is C24H24N4O6S. The number of H-pyrrole nitrogens is 1. The van der Waals surface area contributed by atoms with Crippen LogP contribution in [0.15, 0.2) is 59.2 Å². The van der Waals surface area contributed by atoms with Gasteiger partial charge in [-0.05, 0) is 36.2 Å². The maximum Gasteiger partial charge on any atom is 0.306 e. The number of carbonyl (C=O) groups excluding carboxylic acids is 1. The normalized spacial score (nSPS) is 15.4. The van der Waals surface area contributed by atoms with Gasteiger partial charge in [0.15, 0.2) is 11.6 Å². The topological polar surface area (TPSA) is 146 Å². The molecule has 0 amide bonds. The molecule has 0 unspecified atom stereocenters. The smallest absolute Gasteiger partial charge is 0.306 e. The van der Waals surface area contributed by atoms with Crippen LogP contribution in [0.25, 0.3) is 16.6 Å². The Bertz CT molecular complexity index is 1350. The van der Waals surface area contributed by atoms with Gasteiger partial charge in [0.25, 0.3) is 0 Å². The number of sulfonamides is 1. The zero-order valence-corrected chi connectivity index (χ0v) is 19.6. The number of morpholine rings is 1. The Morgan fingerprint density at radius 2 is 1.89 bits per heavy atom. The fourth-order valence-electron chi connectivity index (χ4n) is 3.63. The largest absolute Gasteiger partial charge is 0.507 e. The minimum Gasteiger partial charge on any atom is -0.507 e. The molecule has 0 spiro atoms. The maximum absolute atomic E-state index is 12.7. The number of rotatable bonds is 8. The monoisotopic (exact) mass is 496 g/mol. The summed E-state index contributed by atoms with van der Waals surface area (Å²) in [6.07, 6.45) is 0.352. The van der Waals surface area contributed by atoms with Gasteiger partial charge in [-0.2, -0.15) is 9.57 Å². The fourth-order valence-corrected chi connectivity index (χ4v) is 5.04. The van der Waals surface area contributed by atoms with Gasteiger partial charge in [-0.15, -0.1) is 0 Å². The van der Waals surface area contributed by atoms with Crippen LogP contribution in [0.5, 0.6) is 0 Å². The average Bonchev–Trinajstić information content (AvgIpc) is 3.31. The molecule has 35 heavy (non-hydrogen) atoms. The van der Waals surface area contributed by atoms with Crippen LogP contribution in [0.4, 0.5) is 0 Å². The Labute approximate surface area is 202 Å². The van der Waals surface area contributed by atoms with Gasteiger partial charge >= 0.3 is 5.97 Å². The number of fused-ring (bicyclic) bond motifs is 1. The van der Waals surface area contributed by atoms with Crippen LogP contribution >= 0.6 is 0 Å². The van der Waals surface area contributed by atoms with Crippen molar-refractivity contribution < 1.29 is 27.8 Å². The van der Waals surface area contributed by atoms with Gasteiger partial charge < -0.3 is 19.6 Å². The number of nitriles is 1. The summed E-state index contributed by atoms with van der Waals surface area (Å²) in [6.45, 7) is 0.925. The predicted octanol–water partition coefficient (Wildman–Crippen LogP) is 2.55. The van der Waals surface area contributed by atoms with E-state index in [0.717, 1.165) is 5.56 Å². The van der Waals surface area contributed by atoms with Gasteiger partial charge in [-0.3, -0.25) is 4.79 Å². The first-order chi connectivity index (χ1) is 16.9. The third-order valence-corrected chi connectivity index (χ3v) is 7.46. The Kier molecular flexibility index (Phi) is 7.45. The van der Waals surface area contributed by atoms with E-state index in [9.17, 15) is 23.6 Å². The number of aliphatic hydroxyl groups is 1. The van der Waals surface area contributed by atoms with E-state index >= 15 is 0 Å². The molecule has 1 saturated heterocycles. The maximum atomic E-state index is 12.7. The number of allylic oxidation sites excluding steroid dienone is 1. The Morgan fingerprint density at radius 1 is 1.17 bits per heavy atom. The Hall–Kier alpha value is -3.72. The second kappa shape index (κ2) is 10.7. The fraction of sp³-hybridized carbons (Fsp3) is 0.292. The summed E-state index contributed by atoms with van der Waals surface area (Å²) >= 11 is 0. The van der Waals surface area contributed by atoms with Gasteiger partial charge in [0, 0.05) is 19.5 Å². The molecule has 182 valence electrons. The number of hydrogen-bond donors (Lipinski definition) is 2. The zero-order chi connectivity index (χ0) is 24.8. The van der Waals surface area contributed by atoms with Crippen molar-refractivity contribution in [2.45, 2.75) is 17.7 Å². The van der Waals surface area contributed by atoms with Crippen LogP contribution in [0.1, 0.15) is 17.8 Å². The minimum absolute atomic E-state index is 0.0232. The molecule has 1 aliphatic rings. The summed E-state index contributed by atoms with van der Waals surface area (Å²) in [7, 11) is -3.58. The summed E-state index contributed by atoms with van der Waals surface area (Å²) in [5.74, 6) is -0.782. The van der Waals surface area contributed by atoms with E-state index in [2.05, 4.69) is 9.97 Å². The van der Waals surface area contributed by atoms with Gasteiger partial charge in [-0.1, -0.05) is 24.3 Å². The molecule has 11 heteroatoms. The lowest BCUT2D eigenvalue weighted by atomic mass is 10.1. The highest BCUT2D eigenvalue weighted by atomic mass is 32.2. The van der Waals surface area contributed by atoms with Gasteiger partial charge in [0.1, 0.15) is 18.2 Å². The number of carbonyl (C=O) groups is 1. The minimum atomic E-state index is -3.58. The molecule has 2 N–H and O–H groups in total. The first kappa shape index (κ1) is 24.4. The predicted molar refractivity (Wildman–Crippen MR) is 127 cm³/mol. The van der Waals surface area contributed by atoms with Crippen LogP contribution in [0.3, 0.4) is 0 Å². The SMILES string of the molecule is N#C/C(=C(\O)COC(=O)CCc1ccc(S(=O)(=O)N2CCOCC2)cc1)c1nc2ccccc2[nH]1. The number of hydrogen-bond acceptors (Lipinski definition) is 8. The number of benzene rings is 2. The van der Waals surface area contributed by atoms with Gasteiger partial charge in [-0.25, -0.2) is 13.4 Å². The third-order valence-electron chi connectivity index (χ3n) is 5.55. The van der Waals surface area contributed by atoms with Crippen molar-refractivity contribution >= 4 is 32.6 Å². The number of aliphatic hydroxyl groups excluding tert-OH is 1. The van der Waals surface area contributed by atoms with E-state index in [4.69, 9.17) is 9.47 Å². The second-order valence-corrected chi connectivity index (χ2v) is 9.80. The lowest BCUT2D eigenvalue weighted by molar-refractivity contribution is -0.143. The summed E-state index contributed by atoms with van der Waals surface area (Å²) in [5.41, 5.74) is 2.02. The molecular weight excluding hydrogens is 472 g/mol. The number of ether oxygens (including phenoxy) is 2. The number of nitrogens with one attached hydrogen (secondary N) is 1. The lowest BCUT2D eigenvalue weighted by Crippen LogP contribution is -2.40. The molecule has 1 aromatic heterocycles. The summed E-state index contributed by atoms with van der Waals surface area (Å²) in [4.78, 5) is 19.6. The number of aromatic amines is 1.